The zero-order chi connectivity index (χ0) is 15.3. The van der Waals surface area contributed by atoms with Gasteiger partial charge in [0.25, 0.3) is 0 Å². The summed E-state index contributed by atoms with van der Waals surface area (Å²) in [5.41, 5.74) is 0. The van der Waals surface area contributed by atoms with Gasteiger partial charge < -0.3 is 28.1 Å². The monoisotopic (exact) mass is 301 g/mol. The van der Waals surface area contributed by atoms with E-state index in [4.69, 9.17) is 28.1 Å². The van der Waals surface area contributed by atoms with Crippen LogP contribution in [0.5, 0.6) is 5.75 Å². The molecule has 0 aliphatic rings. The standard InChI is InChI=1S/C12H20O4Si.BH2O2/c1-13-17(14-2,15-3)11-7-10-16-12-8-5-4-6-9-12;2-1-3/h4-6,8-9H,7,10-11H2,1-3H3;2-3H. The quantitative estimate of drug-likeness (QED) is 0.547. The minimum absolute atomic E-state index is 0. The van der Waals surface area contributed by atoms with Crippen LogP contribution in [0.25, 0.3) is 0 Å². The lowest BCUT2D eigenvalue weighted by molar-refractivity contribution is 0.121. The van der Waals surface area contributed by atoms with Gasteiger partial charge in [-0.05, 0) is 18.6 Å². The molecule has 113 valence electrons. The smallest absolute Gasteiger partial charge is 0.494 e. The number of para-hydroxylation sites is 1. The van der Waals surface area contributed by atoms with Crippen molar-refractivity contribution in [3.63, 3.8) is 0 Å². The summed E-state index contributed by atoms with van der Waals surface area (Å²) >= 11 is 0. The molecule has 0 saturated heterocycles. The molecule has 6 nitrogen and oxygen atoms in total. The maximum atomic E-state index is 7.00. The van der Waals surface area contributed by atoms with E-state index in [-0.39, 0.29) is 7.69 Å². The second kappa shape index (κ2) is 11.9. The van der Waals surface area contributed by atoms with Crippen LogP contribution in [-0.4, -0.2) is 54.5 Å². The van der Waals surface area contributed by atoms with Crippen molar-refractivity contribution in [3.05, 3.63) is 30.3 Å². The van der Waals surface area contributed by atoms with Crippen LogP contribution in [0.3, 0.4) is 0 Å². The van der Waals surface area contributed by atoms with Gasteiger partial charge in [0.2, 0.25) is 0 Å². The van der Waals surface area contributed by atoms with E-state index >= 15 is 0 Å². The highest BCUT2D eigenvalue weighted by Gasteiger charge is 2.36. The molecule has 0 unspecified atom stereocenters. The SMILES string of the molecule is CO[Si](CCCOc1ccccc1)(OC)OC.O[B]O. The summed E-state index contributed by atoms with van der Waals surface area (Å²) < 4.78 is 21.6. The molecular weight excluding hydrogens is 279 g/mol. The zero-order valence-corrected chi connectivity index (χ0v) is 13.1. The van der Waals surface area contributed by atoms with E-state index in [1.807, 2.05) is 30.3 Å². The second-order valence-electron chi connectivity index (χ2n) is 3.68. The Bertz CT molecular complexity index is 315. The summed E-state index contributed by atoms with van der Waals surface area (Å²) in [4.78, 5) is 0. The van der Waals surface area contributed by atoms with Gasteiger partial charge in [-0.2, -0.15) is 0 Å². The van der Waals surface area contributed by atoms with E-state index in [0.29, 0.717) is 6.61 Å². The summed E-state index contributed by atoms with van der Waals surface area (Å²) in [7, 11) is 2.43. The number of hydrogen-bond donors (Lipinski definition) is 2. The zero-order valence-electron chi connectivity index (χ0n) is 12.1. The van der Waals surface area contributed by atoms with Crippen molar-refractivity contribution in [2.24, 2.45) is 0 Å². The van der Waals surface area contributed by atoms with Crippen molar-refractivity contribution in [1.82, 2.24) is 0 Å². The Hall–Kier alpha value is -0.898. The van der Waals surface area contributed by atoms with Crippen LogP contribution in [0.15, 0.2) is 30.3 Å². The van der Waals surface area contributed by atoms with E-state index in [1.165, 1.54) is 0 Å². The first-order valence-electron chi connectivity index (χ1n) is 6.11. The van der Waals surface area contributed by atoms with Crippen LogP contribution in [0.2, 0.25) is 6.04 Å². The molecule has 0 atom stereocenters. The largest absolute Gasteiger partial charge is 0.500 e. The summed E-state index contributed by atoms with van der Waals surface area (Å²) in [6.07, 6.45) is 0.844. The highest BCUT2D eigenvalue weighted by molar-refractivity contribution is 6.60. The van der Waals surface area contributed by atoms with Crippen LogP contribution < -0.4 is 4.74 Å². The molecule has 0 amide bonds. The molecule has 1 aromatic carbocycles. The predicted octanol–water partition coefficient (Wildman–Crippen LogP) is 0.839. The van der Waals surface area contributed by atoms with E-state index in [0.717, 1.165) is 18.2 Å². The predicted molar refractivity (Wildman–Crippen MR) is 78.3 cm³/mol. The molecule has 0 aliphatic heterocycles. The average molecular weight is 301 g/mol. The van der Waals surface area contributed by atoms with Gasteiger partial charge in [0, 0.05) is 27.4 Å². The molecule has 0 bridgehead atoms. The van der Waals surface area contributed by atoms with E-state index < -0.39 is 8.80 Å². The van der Waals surface area contributed by atoms with Gasteiger partial charge in [0.05, 0.1) is 6.61 Å². The van der Waals surface area contributed by atoms with Gasteiger partial charge in [-0.25, -0.2) is 0 Å². The van der Waals surface area contributed by atoms with Crippen molar-refractivity contribution in [2.75, 3.05) is 27.9 Å². The first-order valence-corrected chi connectivity index (χ1v) is 8.04. The lowest BCUT2D eigenvalue weighted by Gasteiger charge is -2.24. The summed E-state index contributed by atoms with van der Waals surface area (Å²) in [5, 5.41) is 14.0. The Morgan fingerprint density at radius 1 is 1.00 bits per heavy atom. The molecule has 0 saturated carbocycles. The molecule has 20 heavy (non-hydrogen) atoms. The number of ether oxygens (including phenoxy) is 1. The third-order valence-corrected chi connectivity index (χ3v) is 5.40. The fourth-order valence-corrected chi connectivity index (χ4v) is 3.24. The summed E-state index contributed by atoms with van der Waals surface area (Å²) in [5.74, 6) is 0.881. The Balaban J connectivity index is 0.00000110. The van der Waals surface area contributed by atoms with Crippen LogP contribution in [0, 0.1) is 0 Å². The fraction of sp³-hybridized carbons (Fsp3) is 0.500. The van der Waals surface area contributed by atoms with Gasteiger partial charge >= 0.3 is 16.5 Å². The Labute approximate surface area is 121 Å². The number of hydrogen-bond acceptors (Lipinski definition) is 6. The number of rotatable bonds is 8. The van der Waals surface area contributed by atoms with Crippen LogP contribution >= 0.6 is 0 Å². The average Bonchev–Trinajstić information content (AvgIpc) is 2.50. The maximum Gasteiger partial charge on any atom is 0.500 e. The molecule has 0 aromatic heterocycles. The minimum atomic E-state index is -2.44. The lowest BCUT2D eigenvalue weighted by Crippen LogP contribution is -2.42. The van der Waals surface area contributed by atoms with Gasteiger partial charge in [0.15, 0.2) is 0 Å². The molecule has 1 radical (unpaired) electrons. The van der Waals surface area contributed by atoms with Crippen molar-refractivity contribution < 1.29 is 28.1 Å². The van der Waals surface area contributed by atoms with Crippen molar-refractivity contribution in [2.45, 2.75) is 12.5 Å². The topological polar surface area (TPSA) is 77.4 Å². The normalized spacial score (nSPS) is 10.4. The Morgan fingerprint density at radius 3 is 1.95 bits per heavy atom. The molecular formula is C12H22BO6Si. The molecule has 0 spiro atoms. The lowest BCUT2D eigenvalue weighted by atomic mass is 10.3. The minimum Gasteiger partial charge on any atom is -0.494 e. The molecule has 0 aliphatic carbocycles. The van der Waals surface area contributed by atoms with Gasteiger partial charge in [-0.1, -0.05) is 18.2 Å². The molecule has 0 fully saturated rings. The second-order valence-corrected chi connectivity index (χ2v) is 6.77. The van der Waals surface area contributed by atoms with Gasteiger partial charge in [-0.15, -0.1) is 0 Å². The number of benzene rings is 1. The Kier molecular flexibility index (Phi) is 11.4. The maximum absolute atomic E-state index is 7.00. The highest BCUT2D eigenvalue weighted by atomic mass is 28.4. The van der Waals surface area contributed by atoms with Crippen molar-refractivity contribution in [1.29, 1.82) is 0 Å². The third-order valence-electron chi connectivity index (χ3n) is 2.57. The van der Waals surface area contributed by atoms with E-state index in [9.17, 15) is 0 Å². The summed E-state index contributed by atoms with van der Waals surface area (Å²) in [6, 6.07) is 10.5. The van der Waals surface area contributed by atoms with Crippen LogP contribution in [0.1, 0.15) is 6.42 Å². The van der Waals surface area contributed by atoms with Crippen molar-refractivity contribution in [3.8, 4) is 5.75 Å². The first-order chi connectivity index (χ1) is 9.67. The molecule has 1 aromatic rings. The van der Waals surface area contributed by atoms with Gasteiger partial charge in [-0.3, -0.25) is 0 Å². The highest BCUT2D eigenvalue weighted by Crippen LogP contribution is 2.16. The van der Waals surface area contributed by atoms with Gasteiger partial charge in [0.1, 0.15) is 5.75 Å². The molecule has 8 heteroatoms. The third kappa shape index (κ3) is 7.63. The van der Waals surface area contributed by atoms with Crippen molar-refractivity contribution >= 4 is 16.5 Å². The first kappa shape index (κ1) is 19.1. The molecule has 1 rings (SSSR count). The summed E-state index contributed by atoms with van der Waals surface area (Å²) in [6.45, 7) is 0.634. The van der Waals surface area contributed by atoms with E-state index in [2.05, 4.69) is 0 Å². The van der Waals surface area contributed by atoms with Crippen LogP contribution in [-0.2, 0) is 13.3 Å². The Morgan fingerprint density at radius 2 is 1.50 bits per heavy atom. The fourth-order valence-electron chi connectivity index (χ4n) is 1.55. The van der Waals surface area contributed by atoms with Crippen LogP contribution in [0.4, 0.5) is 0 Å². The molecule has 0 heterocycles. The molecule has 2 N–H and O–H groups in total. The van der Waals surface area contributed by atoms with E-state index in [1.54, 1.807) is 21.3 Å².